The van der Waals surface area contributed by atoms with E-state index in [1.165, 1.54) is 16.4 Å². The Bertz CT molecular complexity index is 589. The highest BCUT2D eigenvalue weighted by atomic mass is 32.2. The van der Waals surface area contributed by atoms with Gasteiger partial charge in [-0.3, -0.25) is 0 Å². The summed E-state index contributed by atoms with van der Waals surface area (Å²) in [7, 11) is -3.70. The molecule has 6 heteroatoms. The standard InChI is InChI=1S/C14H21FN2O2S/c1-10-4-3-7-17(13(10)9-16)20(18,19)14-8-12(15)6-5-11(14)2/h5-6,8,10,13H,3-4,7,9,16H2,1-2H3. The van der Waals surface area contributed by atoms with Crippen molar-refractivity contribution in [3.05, 3.63) is 29.6 Å². The first-order chi connectivity index (χ1) is 9.37. The van der Waals surface area contributed by atoms with Gasteiger partial charge in [0.15, 0.2) is 0 Å². The number of hydrogen-bond donors (Lipinski definition) is 1. The maximum atomic E-state index is 13.4. The van der Waals surface area contributed by atoms with Crippen LogP contribution in [0.25, 0.3) is 0 Å². The van der Waals surface area contributed by atoms with Crippen molar-refractivity contribution in [3.8, 4) is 0 Å². The molecule has 1 fully saturated rings. The van der Waals surface area contributed by atoms with E-state index in [1.54, 1.807) is 6.92 Å². The van der Waals surface area contributed by atoms with Crippen molar-refractivity contribution in [2.24, 2.45) is 11.7 Å². The minimum absolute atomic E-state index is 0.0463. The predicted octanol–water partition coefficient (Wildman–Crippen LogP) is 1.88. The van der Waals surface area contributed by atoms with Gasteiger partial charge in [0.25, 0.3) is 0 Å². The van der Waals surface area contributed by atoms with Crippen LogP contribution in [0, 0.1) is 18.7 Å². The summed E-state index contributed by atoms with van der Waals surface area (Å²) in [6.07, 6.45) is 1.78. The number of benzene rings is 1. The van der Waals surface area contributed by atoms with E-state index in [2.05, 4.69) is 0 Å². The number of sulfonamides is 1. The molecular formula is C14H21FN2O2S. The third-order valence-electron chi connectivity index (χ3n) is 4.04. The normalized spacial score (nSPS) is 24.8. The highest BCUT2D eigenvalue weighted by Crippen LogP contribution is 2.30. The number of nitrogens with zero attached hydrogens (tertiary/aromatic N) is 1. The Morgan fingerprint density at radius 3 is 2.80 bits per heavy atom. The molecule has 0 aliphatic carbocycles. The Morgan fingerprint density at radius 2 is 2.15 bits per heavy atom. The van der Waals surface area contributed by atoms with Gasteiger partial charge in [0.1, 0.15) is 5.82 Å². The Balaban J connectivity index is 2.45. The van der Waals surface area contributed by atoms with Gasteiger partial charge >= 0.3 is 0 Å². The molecule has 2 atom stereocenters. The summed E-state index contributed by atoms with van der Waals surface area (Å²) in [5.41, 5.74) is 6.30. The Labute approximate surface area is 119 Å². The molecule has 0 spiro atoms. The minimum atomic E-state index is -3.70. The molecule has 1 aromatic carbocycles. The fourth-order valence-corrected chi connectivity index (χ4v) is 4.85. The first kappa shape index (κ1) is 15.4. The summed E-state index contributed by atoms with van der Waals surface area (Å²) in [5, 5.41) is 0. The summed E-state index contributed by atoms with van der Waals surface area (Å²) in [4.78, 5) is 0.0463. The zero-order valence-electron chi connectivity index (χ0n) is 11.8. The molecule has 0 bridgehead atoms. The number of nitrogens with two attached hydrogens (primary N) is 1. The lowest BCUT2D eigenvalue weighted by Gasteiger charge is -2.38. The molecule has 0 aromatic heterocycles. The molecule has 2 N–H and O–H groups in total. The molecule has 0 saturated carbocycles. The van der Waals surface area contributed by atoms with Crippen LogP contribution in [-0.4, -0.2) is 31.9 Å². The molecule has 0 radical (unpaired) electrons. The van der Waals surface area contributed by atoms with E-state index in [-0.39, 0.29) is 23.4 Å². The van der Waals surface area contributed by atoms with Crippen molar-refractivity contribution in [2.45, 2.75) is 37.6 Å². The summed E-state index contributed by atoms with van der Waals surface area (Å²) in [6, 6.07) is 3.65. The number of aryl methyl sites for hydroxylation is 1. The Hall–Kier alpha value is -0.980. The highest BCUT2D eigenvalue weighted by molar-refractivity contribution is 7.89. The van der Waals surface area contributed by atoms with Crippen molar-refractivity contribution in [1.29, 1.82) is 0 Å². The average molecular weight is 300 g/mol. The smallest absolute Gasteiger partial charge is 0.243 e. The second-order valence-electron chi connectivity index (χ2n) is 5.45. The quantitative estimate of drug-likeness (QED) is 0.927. The summed E-state index contributed by atoms with van der Waals surface area (Å²) in [6.45, 7) is 4.42. The van der Waals surface area contributed by atoms with Crippen molar-refractivity contribution < 1.29 is 12.8 Å². The van der Waals surface area contributed by atoms with Gasteiger partial charge in [0, 0.05) is 19.1 Å². The van der Waals surface area contributed by atoms with E-state index in [4.69, 9.17) is 5.73 Å². The van der Waals surface area contributed by atoms with Gasteiger partial charge in [-0.25, -0.2) is 12.8 Å². The first-order valence-corrected chi connectivity index (χ1v) is 8.30. The number of halogens is 1. The lowest BCUT2D eigenvalue weighted by atomic mass is 9.93. The fourth-order valence-electron chi connectivity index (χ4n) is 2.84. The average Bonchev–Trinajstić information content (AvgIpc) is 2.41. The lowest BCUT2D eigenvalue weighted by Crippen LogP contribution is -2.51. The van der Waals surface area contributed by atoms with Crippen molar-refractivity contribution in [1.82, 2.24) is 4.31 Å². The first-order valence-electron chi connectivity index (χ1n) is 6.86. The molecule has 112 valence electrons. The van der Waals surface area contributed by atoms with Crippen LogP contribution in [0.3, 0.4) is 0 Å². The number of piperidine rings is 1. The van der Waals surface area contributed by atoms with E-state index in [1.807, 2.05) is 6.92 Å². The van der Waals surface area contributed by atoms with E-state index in [9.17, 15) is 12.8 Å². The maximum Gasteiger partial charge on any atom is 0.243 e. The molecule has 1 aliphatic rings. The van der Waals surface area contributed by atoms with Gasteiger partial charge in [-0.2, -0.15) is 4.31 Å². The van der Waals surface area contributed by atoms with Gasteiger partial charge in [0.05, 0.1) is 4.90 Å². The minimum Gasteiger partial charge on any atom is -0.329 e. The molecule has 1 aliphatic heterocycles. The van der Waals surface area contributed by atoms with Gasteiger partial charge in [-0.05, 0) is 43.4 Å². The van der Waals surface area contributed by atoms with E-state index in [0.717, 1.165) is 18.9 Å². The van der Waals surface area contributed by atoms with E-state index in [0.29, 0.717) is 12.1 Å². The van der Waals surface area contributed by atoms with Crippen LogP contribution >= 0.6 is 0 Å². The Kier molecular flexibility index (Phi) is 4.46. The van der Waals surface area contributed by atoms with Crippen LogP contribution in [0.15, 0.2) is 23.1 Å². The van der Waals surface area contributed by atoms with Crippen LogP contribution in [0.5, 0.6) is 0 Å². The Morgan fingerprint density at radius 1 is 1.45 bits per heavy atom. The van der Waals surface area contributed by atoms with Gasteiger partial charge in [-0.15, -0.1) is 0 Å². The van der Waals surface area contributed by atoms with Crippen LogP contribution in [0.2, 0.25) is 0 Å². The monoisotopic (exact) mass is 300 g/mol. The van der Waals surface area contributed by atoms with Crippen LogP contribution in [0.1, 0.15) is 25.3 Å². The van der Waals surface area contributed by atoms with Gasteiger partial charge in [0.2, 0.25) is 10.0 Å². The van der Waals surface area contributed by atoms with E-state index < -0.39 is 15.8 Å². The van der Waals surface area contributed by atoms with Crippen LogP contribution in [-0.2, 0) is 10.0 Å². The lowest BCUT2D eigenvalue weighted by molar-refractivity contribution is 0.192. The second kappa shape index (κ2) is 5.79. The van der Waals surface area contributed by atoms with Crippen molar-refractivity contribution >= 4 is 10.0 Å². The largest absolute Gasteiger partial charge is 0.329 e. The molecule has 20 heavy (non-hydrogen) atoms. The number of rotatable bonds is 3. The molecular weight excluding hydrogens is 279 g/mol. The van der Waals surface area contributed by atoms with Crippen LogP contribution < -0.4 is 5.73 Å². The second-order valence-corrected chi connectivity index (χ2v) is 7.31. The zero-order chi connectivity index (χ0) is 14.9. The summed E-state index contributed by atoms with van der Waals surface area (Å²) < 4.78 is 40.4. The molecule has 1 saturated heterocycles. The van der Waals surface area contributed by atoms with Crippen molar-refractivity contribution in [3.63, 3.8) is 0 Å². The van der Waals surface area contributed by atoms with E-state index >= 15 is 0 Å². The third-order valence-corrected chi connectivity index (χ3v) is 6.11. The highest BCUT2D eigenvalue weighted by Gasteiger charge is 2.37. The topological polar surface area (TPSA) is 63.4 Å². The molecule has 2 rings (SSSR count). The summed E-state index contributed by atoms with van der Waals surface area (Å²) >= 11 is 0. The molecule has 0 amide bonds. The van der Waals surface area contributed by atoms with Crippen molar-refractivity contribution in [2.75, 3.05) is 13.1 Å². The molecule has 1 aromatic rings. The fraction of sp³-hybridized carbons (Fsp3) is 0.571. The number of hydrogen-bond acceptors (Lipinski definition) is 3. The SMILES string of the molecule is Cc1ccc(F)cc1S(=O)(=O)N1CCCC(C)C1CN. The molecule has 4 nitrogen and oxygen atoms in total. The van der Waals surface area contributed by atoms with Crippen LogP contribution in [0.4, 0.5) is 4.39 Å². The predicted molar refractivity (Wildman–Crippen MR) is 76.3 cm³/mol. The summed E-state index contributed by atoms with van der Waals surface area (Å²) in [5.74, 6) is -0.319. The van der Waals surface area contributed by atoms with Gasteiger partial charge in [-0.1, -0.05) is 13.0 Å². The third kappa shape index (κ3) is 2.73. The van der Waals surface area contributed by atoms with Gasteiger partial charge < -0.3 is 5.73 Å². The molecule has 2 unspecified atom stereocenters. The zero-order valence-corrected chi connectivity index (χ0v) is 12.7. The molecule has 1 heterocycles. The maximum absolute atomic E-state index is 13.4.